The Morgan fingerprint density at radius 1 is 1.31 bits per heavy atom. The molecule has 0 aromatic carbocycles. The molecule has 1 atom stereocenters. The molecule has 1 aliphatic carbocycles. The van der Waals surface area contributed by atoms with Crippen molar-refractivity contribution in [1.82, 2.24) is 0 Å². The van der Waals surface area contributed by atoms with Gasteiger partial charge in [0.15, 0.2) is 0 Å². The summed E-state index contributed by atoms with van der Waals surface area (Å²) in [6.45, 7) is 2.27. The molecule has 1 aromatic heterocycles. The highest BCUT2D eigenvalue weighted by molar-refractivity contribution is 7.20. The van der Waals surface area contributed by atoms with Gasteiger partial charge in [0.1, 0.15) is 4.34 Å². The van der Waals surface area contributed by atoms with E-state index in [0.29, 0.717) is 14.6 Å². The lowest BCUT2D eigenvalue weighted by molar-refractivity contribution is 0.0760. The fourth-order valence-electron chi connectivity index (χ4n) is 2.41. The molecule has 0 aliphatic heterocycles. The molecule has 0 spiro atoms. The molecular formula is C12H16Cl2OS. The highest BCUT2D eigenvalue weighted by Crippen LogP contribution is 2.42. The Morgan fingerprint density at radius 3 is 2.44 bits per heavy atom. The molecule has 1 heterocycles. The molecule has 1 aliphatic rings. The summed E-state index contributed by atoms with van der Waals surface area (Å²) in [5, 5.41) is 10.3. The van der Waals surface area contributed by atoms with Gasteiger partial charge in [-0.3, -0.25) is 0 Å². The number of aliphatic hydroxyl groups excluding tert-OH is 1. The van der Waals surface area contributed by atoms with Crippen LogP contribution < -0.4 is 0 Å². The first-order valence-electron chi connectivity index (χ1n) is 5.70. The number of aliphatic hydroxyl groups is 1. The van der Waals surface area contributed by atoms with Crippen LogP contribution in [0.5, 0.6) is 0 Å². The molecule has 0 bridgehead atoms. The van der Waals surface area contributed by atoms with Crippen LogP contribution in [0.2, 0.25) is 8.67 Å². The maximum Gasteiger partial charge on any atom is 0.100 e. The van der Waals surface area contributed by atoms with E-state index in [9.17, 15) is 5.11 Å². The summed E-state index contributed by atoms with van der Waals surface area (Å²) < 4.78 is 1.29. The Kier molecular flexibility index (Phi) is 4.17. The lowest BCUT2D eigenvalue weighted by Crippen LogP contribution is -2.19. The SMILES string of the molecule is CC1CCC(C(O)c2cc(Cl)sc2Cl)CC1. The second-order valence-corrected chi connectivity index (χ2v) is 7.03. The first-order chi connectivity index (χ1) is 7.58. The molecule has 2 rings (SSSR count). The average Bonchev–Trinajstić information content (AvgIpc) is 2.58. The molecule has 0 amide bonds. The van der Waals surface area contributed by atoms with Crippen LogP contribution in [0.3, 0.4) is 0 Å². The van der Waals surface area contributed by atoms with E-state index in [-0.39, 0.29) is 0 Å². The van der Waals surface area contributed by atoms with Crippen LogP contribution >= 0.6 is 34.5 Å². The fourth-order valence-corrected chi connectivity index (χ4v) is 3.95. The first-order valence-corrected chi connectivity index (χ1v) is 7.28. The molecule has 1 fully saturated rings. The van der Waals surface area contributed by atoms with E-state index >= 15 is 0 Å². The molecule has 1 aromatic rings. The smallest absolute Gasteiger partial charge is 0.100 e. The summed E-state index contributed by atoms with van der Waals surface area (Å²) in [7, 11) is 0. The summed E-state index contributed by atoms with van der Waals surface area (Å²) >= 11 is 13.3. The Labute approximate surface area is 110 Å². The summed E-state index contributed by atoms with van der Waals surface area (Å²) in [5.74, 6) is 1.14. The van der Waals surface area contributed by atoms with Gasteiger partial charge in [-0.25, -0.2) is 0 Å². The number of thiophene rings is 1. The molecule has 0 saturated heterocycles. The van der Waals surface area contributed by atoms with Gasteiger partial charge in [0.05, 0.1) is 10.4 Å². The molecule has 1 saturated carbocycles. The van der Waals surface area contributed by atoms with E-state index in [2.05, 4.69) is 6.92 Å². The van der Waals surface area contributed by atoms with Crippen molar-refractivity contribution in [3.05, 3.63) is 20.3 Å². The van der Waals surface area contributed by atoms with Crippen LogP contribution in [0.4, 0.5) is 0 Å². The van der Waals surface area contributed by atoms with Crippen molar-refractivity contribution >= 4 is 34.5 Å². The lowest BCUT2D eigenvalue weighted by atomic mass is 9.79. The van der Waals surface area contributed by atoms with Crippen molar-refractivity contribution in [1.29, 1.82) is 0 Å². The predicted octanol–water partition coefficient (Wildman–Crippen LogP) is 4.91. The molecule has 1 N–H and O–H groups in total. The molecule has 1 nitrogen and oxygen atoms in total. The van der Waals surface area contributed by atoms with Gasteiger partial charge in [-0.2, -0.15) is 0 Å². The molecular weight excluding hydrogens is 263 g/mol. The minimum atomic E-state index is -0.441. The van der Waals surface area contributed by atoms with Crippen molar-refractivity contribution in [2.75, 3.05) is 0 Å². The van der Waals surface area contributed by atoms with Gasteiger partial charge >= 0.3 is 0 Å². The van der Waals surface area contributed by atoms with Crippen LogP contribution in [0, 0.1) is 11.8 Å². The summed E-state index contributed by atoms with van der Waals surface area (Å²) in [5.41, 5.74) is 0.816. The monoisotopic (exact) mass is 278 g/mol. The fraction of sp³-hybridized carbons (Fsp3) is 0.667. The highest BCUT2D eigenvalue weighted by atomic mass is 35.5. The highest BCUT2D eigenvalue weighted by Gasteiger charge is 2.27. The van der Waals surface area contributed by atoms with Gasteiger partial charge in [-0.05, 0) is 30.7 Å². The van der Waals surface area contributed by atoms with E-state index in [1.54, 1.807) is 6.07 Å². The zero-order valence-corrected chi connectivity index (χ0v) is 11.6. The van der Waals surface area contributed by atoms with E-state index in [1.165, 1.54) is 24.2 Å². The van der Waals surface area contributed by atoms with Crippen molar-refractivity contribution < 1.29 is 5.11 Å². The number of halogens is 2. The largest absolute Gasteiger partial charge is 0.388 e. The third-order valence-electron chi connectivity index (χ3n) is 3.51. The first kappa shape index (κ1) is 12.7. The minimum absolute atomic E-state index is 0.347. The Hall–Kier alpha value is 0.240. The van der Waals surface area contributed by atoms with Gasteiger partial charge in [0, 0.05) is 5.56 Å². The van der Waals surface area contributed by atoms with Crippen LogP contribution in [0.1, 0.15) is 44.3 Å². The van der Waals surface area contributed by atoms with E-state index in [0.717, 1.165) is 24.3 Å². The number of hydrogen-bond donors (Lipinski definition) is 1. The quantitative estimate of drug-likeness (QED) is 0.815. The predicted molar refractivity (Wildman–Crippen MR) is 70.4 cm³/mol. The van der Waals surface area contributed by atoms with Crippen molar-refractivity contribution in [2.24, 2.45) is 11.8 Å². The summed E-state index contributed by atoms with van der Waals surface area (Å²) in [6.07, 6.45) is 4.15. The number of hydrogen-bond acceptors (Lipinski definition) is 2. The third kappa shape index (κ3) is 2.73. The average molecular weight is 279 g/mol. The molecule has 1 unspecified atom stereocenters. The number of rotatable bonds is 2. The molecule has 4 heteroatoms. The van der Waals surface area contributed by atoms with Crippen molar-refractivity contribution in [3.63, 3.8) is 0 Å². The van der Waals surface area contributed by atoms with Gasteiger partial charge < -0.3 is 5.11 Å². The zero-order chi connectivity index (χ0) is 11.7. The maximum atomic E-state index is 10.3. The van der Waals surface area contributed by atoms with E-state index in [4.69, 9.17) is 23.2 Å². The van der Waals surface area contributed by atoms with E-state index < -0.39 is 6.10 Å². The molecule has 90 valence electrons. The van der Waals surface area contributed by atoms with Crippen LogP contribution in [0.15, 0.2) is 6.07 Å². The Bertz CT molecular complexity index is 356. The normalized spacial score (nSPS) is 28.0. The summed E-state index contributed by atoms with van der Waals surface area (Å²) in [6, 6.07) is 1.80. The topological polar surface area (TPSA) is 20.2 Å². The second-order valence-electron chi connectivity index (χ2n) is 4.74. The minimum Gasteiger partial charge on any atom is -0.388 e. The van der Waals surface area contributed by atoms with Crippen LogP contribution in [-0.2, 0) is 0 Å². The Balaban J connectivity index is 2.07. The van der Waals surface area contributed by atoms with Crippen molar-refractivity contribution in [2.45, 2.75) is 38.7 Å². The maximum absolute atomic E-state index is 10.3. The van der Waals surface area contributed by atoms with Gasteiger partial charge in [-0.15, -0.1) is 11.3 Å². The van der Waals surface area contributed by atoms with Crippen molar-refractivity contribution in [3.8, 4) is 0 Å². The van der Waals surface area contributed by atoms with E-state index in [1.807, 2.05) is 0 Å². The zero-order valence-electron chi connectivity index (χ0n) is 9.25. The Morgan fingerprint density at radius 2 is 1.94 bits per heavy atom. The van der Waals surface area contributed by atoms with Gasteiger partial charge in [0.2, 0.25) is 0 Å². The molecule has 16 heavy (non-hydrogen) atoms. The van der Waals surface area contributed by atoms with Gasteiger partial charge in [-0.1, -0.05) is 43.0 Å². The standard InChI is InChI=1S/C12H16Cl2OS/c1-7-2-4-8(5-3-7)11(15)9-6-10(13)16-12(9)14/h6-8,11,15H,2-5H2,1H3. The molecule has 0 radical (unpaired) electrons. The van der Waals surface area contributed by atoms with Crippen LogP contribution in [0.25, 0.3) is 0 Å². The second kappa shape index (κ2) is 5.26. The van der Waals surface area contributed by atoms with Crippen LogP contribution in [-0.4, -0.2) is 5.11 Å². The third-order valence-corrected chi connectivity index (χ3v) is 5.03. The van der Waals surface area contributed by atoms with Gasteiger partial charge in [0.25, 0.3) is 0 Å². The summed E-state index contributed by atoms with van der Waals surface area (Å²) in [4.78, 5) is 0. The lowest BCUT2D eigenvalue weighted by Gasteiger charge is -2.29.